The first-order valence-electron chi connectivity index (χ1n) is 3.50. The third-order valence-electron chi connectivity index (χ3n) is 1.24. The Balaban J connectivity index is 2.46. The molecule has 0 bridgehead atoms. The Hall–Kier alpha value is -1.36. The summed E-state index contributed by atoms with van der Waals surface area (Å²) in [6, 6.07) is 0. The lowest BCUT2D eigenvalue weighted by Gasteiger charge is -2.01. The molecule has 0 saturated carbocycles. The highest BCUT2D eigenvalue weighted by molar-refractivity contribution is 6.30. The van der Waals surface area contributed by atoms with Crippen molar-refractivity contribution in [3.05, 3.63) is 17.4 Å². The predicted molar refractivity (Wildman–Crippen MR) is 47.5 cm³/mol. The number of aromatic nitrogens is 2. The monoisotopic (exact) mass is 201 g/mol. The molecule has 1 aromatic heterocycles. The lowest BCUT2D eigenvalue weighted by molar-refractivity contribution is -0.138. The second-order valence-electron chi connectivity index (χ2n) is 2.15. The van der Waals surface area contributed by atoms with Crippen molar-refractivity contribution in [2.45, 2.75) is 0 Å². The Bertz CT molecular complexity index is 288. The third-order valence-corrected chi connectivity index (χ3v) is 1.43. The van der Waals surface area contributed by atoms with Crippen LogP contribution in [0.3, 0.4) is 0 Å². The minimum Gasteiger partial charge on any atom is -0.468 e. The van der Waals surface area contributed by atoms with Gasteiger partial charge in [0.25, 0.3) is 0 Å². The van der Waals surface area contributed by atoms with E-state index in [0.29, 0.717) is 11.0 Å². The molecule has 0 unspecified atom stereocenters. The lowest BCUT2D eigenvalue weighted by atomic mass is 10.6. The highest BCUT2D eigenvalue weighted by Crippen LogP contribution is 2.04. The Labute approximate surface area is 80.1 Å². The molecule has 0 radical (unpaired) electrons. The number of nitrogens with zero attached hydrogens (tertiary/aromatic N) is 2. The smallest absolute Gasteiger partial charge is 0.325 e. The molecule has 1 rings (SSSR count). The molecule has 6 heteroatoms. The molecule has 0 amide bonds. The zero-order chi connectivity index (χ0) is 9.68. The van der Waals surface area contributed by atoms with Crippen LogP contribution < -0.4 is 5.32 Å². The van der Waals surface area contributed by atoms with Crippen molar-refractivity contribution in [3.8, 4) is 0 Å². The van der Waals surface area contributed by atoms with Gasteiger partial charge in [0, 0.05) is 0 Å². The fourth-order valence-electron chi connectivity index (χ4n) is 0.627. The van der Waals surface area contributed by atoms with Crippen LogP contribution >= 0.6 is 11.6 Å². The number of carbonyl (C=O) groups is 1. The number of ether oxygens (including phenoxy) is 1. The standard InChI is InChI=1S/C7H8ClN3O2/c1-13-6(12)4-11-7-9-2-5(8)3-10-7/h2-3H,4H2,1H3,(H,9,10,11). The van der Waals surface area contributed by atoms with Crippen LogP contribution in [0.2, 0.25) is 5.02 Å². The summed E-state index contributed by atoms with van der Waals surface area (Å²) < 4.78 is 4.41. The van der Waals surface area contributed by atoms with Crippen LogP contribution in [0.1, 0.15) is 0 Å². The SMILES string of the molecule is COC(=O)CNc1ncc(Cl)cn1. The van der Waals surface area contributed by atoms with Gasteiger partial charge in [-0.2, -0.15) is 0 Å². The van der Waals surface area contributed by atoms with Crippen LogP contribution in [0.5, 0.6) is 0 Å². The Kier molecular flexibility index (Phi) is 3.45. The number of anilines is 1. The fourth-order valence-corrected chi connectivity index (χ4v) is 0.725. The quantitative estimate of drug-likeness (QED) is 0.730. The van der Waals surface area contributed by atoms with Gasteiger partial charge in [0.2, 0.25) is 5.95 Å². The van der Waals surface area contributed by atoms with E-state index in [0.717, 1.165) is 0 Å². The van der Waals surface area contributed by atoms with Gasteiger partial charge in [-0.25, -0.2) is 9.97 Å². The first-order valence-corrected chi connectivity index (χ1v) is 3.88. The number of nitrogens with one attached hydrogen (secondary N) is 1. The molecule has 0 spiro atoms. The van der Waals surface area contributed by atoms with Crippen molar-refractivity contribution >= 4 is 23.5 Å². The van der Waals surface area contributed by atoms with E-state index in [4.69, 9.17) is 11.6 Å². The van der Waals surface area contributed by atoms with Crippen molar-refractivity contribution in [1.82, 2.24) is 9.97 Å². The van der Waals surface area contributed by atoms with Crippen molar-refractivity contribution in [1.29, 1.82) is 0 Å². The summed E-state index contributed by atoms with van der Waals surface area (Å²) in [4.78, 5) is 18.3. The molecule has 1 N–H and O–H groups in total. The molecule has 1 heterocycles. The second-order valence-corrected chi connectivity index (χ2v) is 2.59. The van der Waals surface area contributed by atoms with Gasteiger partial charge < -0.3 is 10.1 Å². The highest BCUT2D eigenvalue weighted by atomic mass is 35.5. The van der Waals surface area contributed by atoms with E-state index in [1.807, 2.05) is 0 Å². The van der Waals surface area contributed by atoms with E-state index >= 15 is 0 Å². The molecule has 0 fully saturated rings. The summed E-state index contributed by atoms with van der Waals surface area (Å²) in [5, 5.41) is 3.11. The van der Waals surface area contributed by atoms with Crippen LogP contribution in [0.4, 0.5) is 5.95 Å². The summed E-state index contributed by atoms with van der Waals surface area (Å²) in [5.74, 6) is -0.0339. The van der Waals surface area contributed by atoms with Crippen LogP contribution in [-0.2, 0) is 9.53 Å². The molecule has 1 aromatic rings. The topological polar surface area (TPSA) is 64.1 Å². The van der Waals surface area contributed by atoms with Crippen molar-refractivity contribution in [2.75, 3.05) is 19.0 Å². The van der Waals surface area contributed by atoms with Gasteiger partial charge in [-0.3, -0.25) is 4.79 Å². The fraction of sp³-hybridized carbons (Fsp3) is 0.286. The third kappa shape index (κ3) is 3.25. The maximum atomic E-state index is 10.7. The maximum absolute atomic E-state index is 10.7. The predicted octanol–water partition coefficient (Wildman–Crippen LogP) is 0.715. The maximum Gasteiger partial charge on any atom is 0.325 e. The first kappa shape index (κ1) is 9.73. The van der Waals surface area contributed by atoms with Crippen LogP contribution in [0.25, 0.3) is 0 Å². The molecule has 0 atom stereocenters. The molecule has 0 aromatic carbocycles. The highest BCUT2D eigenvalue weighted by Gasteiger charge is 2.00. The molecule has 0 aliphatic heterocycles. The van der Waals surface area contributed by atoms with Gasteiger partial charge in [-0.05, 0) is 0 Å². The van der Waals surface area contributed by atoms with Gasteiger partial charge in [0.1, 0.15) is 6.54 Å². The largest absolute Gasteiger partial charge is 0.468 e. The van der Waals surface area contributed by atoms with Crippen molar-refractivity contribution in [3.63, 3.8) is 0 Å². The lowest BCUT2D eigenvalue weighted by Crippen LogP contribution is -2.16. The van der Waals surface area contributed by atoms with Gasteiger partial charge in [0.05, 0.1) is 24.5 Å². The van der Waals surface area contributed by atoms with Gasteiger partial charge in [-0.1, -0.05) is 11.6 Å². The zero-order valence-corrected chi connectivity index (χ0v) is 7.71. The normalized spacial score (nSPS) is 9.38. The number of rotatable bonds is 3. The van der Waals surface area contributed by atoms with Crippen molar-refractivity contribution < 1.29 is 9.53 Å². The molecule has 5 nitrogen and oxygen atoms in total. The summed E-state index contributed by atoms with van der Waals surface area (Å²) in [6.07, 6.45) is 2.88. The van der Waals surface area contributed by atoms with Crippen LogP contribution in [-0.4, -0.2) is 29.6 Å². The summed E-state index contributed by atoms with van der Waals surface area (Å²) in [5.41, 5.74) is 0. The Morgan fingerprint density at radius 1 is 1.62 bits per heavy atom. The molecule has 0 aliphatic carbocycles. The van der Waals surface area contributed by atoms with E-state index in [1.165, 1.54) is 19.5 Å². The average molecular weight is 202 g/mol. The molecule has 70 valence electrons. The minimum atomic E-state index is -0.376. The first-order chi connectivity index (χ1) is 6.22. The molecule has 0 saturated heterocycles. The van der Waals surface area contributed by atoms with Gasteiger partial charge in [0.15, 0.2) is 0 Å². The Morgan fingerprint density at radius 2 is 2.23 bits per heavy atom. The number of methoxy groups -OCH3 is 1. The Morgan fingerprint density at radius 3 is 2.77 bits per heavy atom. The minimum absolute atomic E-state index is 0.0398. The van der Waals surface area contributed by atoms with Gasteiger partial charge >= 0.3 is 5.97 Å². The van der Waals surface area contributed by atoms with E-state index in [1.54, 1.807) is 0 Å². The number of halogens is 1. The van der Waals surface area contributed by atoms with E-state index in [2.05, 4.69) is 20.0 Å². The summed E-state index contributed by atoms with van der Waals surface area (Å²) in [6.45, 7) is 0.0398. The molecular formula is C7H8ClN3O2. The van der Waals surface area contributed by atoms with Gasteiger partial charge in [-0.15, -0.1) is 0 Å². The van der Waals surface area contributed by atoms with E-state index < -0.39 is 0 Å². The number of hydrogen-bond acceptors (Lipinski definition) is 5. The number of esters is 1. The van der Waals surface area contributed by atoms with Crippen LogP contribution in [0.15, 0.2) is 12.4 Å². The van der Waals surface area contributed by atoms with Crippen molar-refractivity contribution in [2.24, 2.45) is 0 Å². The number of carbonyl (C=O) groups excluding carboxylic acids is 1. The molecule has 13 heavy (non-hydrogen) atoms. The molecular weight excluding hydrogens is 194 g/mol. The molecule has 0 aliphatic rings. The average Bonchev–Trinajstić information content (AvgIpc) is 2.16. The van der Waals surface area contributed by atoms with Crippen LogP contribution in [0, 0.1) is 0 Å². The summed E-state index contributed by atoms with van der Waals surface area (Å²) >= 11 is 5.56. The van der Waals surface area contributed by atoms with E-state index in [-0.39, 0.29) is 12.5 Å². The zero-order valence-electron chi connectivity index (χ0n) is 6.95. The van der Waals surface area contributed by atoms with E-state index in [9.17, 15) is 4.79 Å². The summed E-state index contributed by atoms with van der Waals surface area (Å²) in [7, 11) is 1.31. The second kappa shape index (κ2) is 4.61. The number of hydrogen-bond donors (Lipinski definition) is 1.